The van der Waals surface area contributed by atoms with Gasteiger partial charge in [-0.1, -0.05) is 67.6 Å². The molecule has 5 heteroatoms. The molecule has 0 aliphatic carbocycles. The third-order valence-electron chi connectivity index (χ3n) is 1.78. The maximum atomic E-state index is 10.8. The molecule has 0 aromatic carbocycles. The Bertz CT molecular complexity index is 183. The van der Waals surface area contributed by atoms with E-state index >= 15 is 0 Å². The summed E-state index contributed by atoms with van der Waals surface area (Å²) in [5.41, 5.74) is 0. The van der Waals surface area contributed by atoms with Gasteiger partial charge in [0.1, 0.15) is 9.34 Å². The number of halogens is 3. The van der Waals surface area contributed by atoms with E-state index in [2.05, 4.69) is 54.7 Å². The predicted molar refractivity (Wildman–Crippen MR) is 69.5 cm³/mol. The SMILES string of the molecule is CCCCC(Br)(Br)C(CBr)OC(C)=O. The minimum absolute atomic E-state index is 0.188. The van der Waals surface area contributed by atoms with E-state index in [0.717, 1.165) is 19.3 Å². The van der Waals surface area contributed by atoms with Crippen LogP contribution in [0.4, 0.5) is 0 Å². The predicted octanol–water partition coefficient (Wildman–Crippen LogP) is 3.99. The number of carbonyl (C=O) groups excluding carboxylic acids is 1. The zero-order valence-electron chi connectivity index (χ0n) is 8.36. The van der Waals surface area contributed by atoms with Crippen molar-refractivity contribution in [2.45, 2.75) is 42.4 Å². The quantitative estimate of drug-likeness (QED) is 0.503. The molecule has 0 rings (SSSR count). The Labute approximate surface area is 111 Å². The van der Waals surface area contributed by atoms with Crippen LogP contribution in [0.2, 0.25) is 0 Å². The molecule has 0 aliphatic heterocycles. The molecular formula is C9H15Br3O2. The second-order valence-electron chi connectivity index (χ2n) is 3.12. The molecule has 0 fully saturated rings. The first-order valence-corrected chi connectivity index (χ1v) is 7.25. The number of alkyl halides is 3. The second-order valence-corrected chi connectivity index (χ2v) is 7.66. The molecule has 84 valence electrons. The molecule has 0 N–H and O–H groups in total. The van der Waals surface area contributed by atoms with E-state index in [9.17, 15) is 4.79 Å². The van der Waals surface area contributed by atoms with Crippen molar-refractivity contribution in [1.82, 2.24) is 0 Å². The molecule has 14 heavy (non-hydrogen) atoms. The highest BCUT2D eigenvalue weighted by atomic mass is 79.9. The van der Waals surface area contributed by atoms with E-state index in [-0.39, 0.29) is 15.3 Å². The lowest BCUT2D eigenvalue weighted by molar-refractivity contribution is -0.145. The molecule has 0 saturated carbocycles. The largest absolute Gasteiger partial charge is 0.459 e. The summed E-state index contributed by atoms with van der Waals surface area (Å²) in [6.07, 6.45) is 2.94. The van der Waals surface area contributed by atoms with Gasteiger partial charge in [0.25, 0.3) is 0 Å². The summed E-state index contributed by atoms with van der Waals surface area (Å²) in [5, 5.41) is 0.618. The molecule has 0 saturated heterocycles. The first-order chi connectivity index (χ1) is 6.44. The fraction of sp³-hybridized carbons (Fsp3) is 0.889. The van der Waals surface area contributed by atoms with Gasteiger partial charge in [-0.15, -0.1) is 0 Å². The third kappa shape index (κ3) is 5.71. The van der Waals surface area contributed by atoms with Gasteiger partial charge in [0.15, 0.2) is 0 Å². The number of rotatable bonds is 6. The summed E-state index contributed by atoms with van der Waals surface area (Å²) >= 11 is 10.4. The Kier molecular flexibility index (Phi) is 7.70. The van der Waals surface area contributed by atoms with Crippen molar-refractivity contribution in [3.63, 3.8) is 0 Å². The Morgan fingerprint density at radius 3 is 2.43 bits per heavy atom. The molecule has 0 aliphatic rings. The van der Waals surface area contributed by atoms with Crippen molar-refractivity contribution < 1.29 is 9.53 Å². The minimum atomic E-state index is -0.314. The summed E-state index contributed by atoms with van der Waals surface area (Å²) in [6.45, 7) is 3.55. The first-order valence-electron chi connectivity index (χ1n) is 4.55. The molecule has 0 heterocycles. The van der Waals surface area contributed by atoms with Crippen LogP contribution in [0.25, 0.3) is 0 Å². The molecule has 0 radical (unpaired) electrons. The van der Waals surface area contributed by atoms with Crippen molar-refractivity contribution in [2.24, 2.45) is 0 Å². The van der Waals surface area contributed by atoms with Crippen molar-refractivity contribution in [3.8, 4) is 0 Å². The first kappa shape index (κ1) is 14.9. The number of carbonyl (C=O) groups is 1. The third-order valence-corrected chi connectivity index (χ3v) is 4.19. The van der Waals surface area contributed by atoms with Crippen LogP contribution >= 0.6 is 47.8 Å². The zero-order chi connectivity index (χ0) is 11.2. The van der Waals surface area contributed by atoms with Crippen LogP contribution in [-0.4, -0.2) is 20.6 Å². The van der Waals surface area contributed by atoms with Gasteiger partial charge in [0, 0.05) is 12.3 Å². The monoisotopic (exact) mass is 392 g/mol. The lowest BCUT2D eigenvalue weighted by Crippen LogP contribution is -2.35. The number of hydrogen-bond acceptors (Lipinski definition) is 2. The smallest absolute Gasteiger partial charge is 0.303 e. The summed E-state index contributed by atoms with van der Waals surface area (Å²) in [5.74, 6) is -0.255. The van der Waals surface area contributed by atoms with E-state index < -0.39 is 0 Å². The molecule has 0 aromatic heterocycles. The van der Waals surface area contributed by atoms with Gasteiger partial charge in [-0.05, 0) is 6.42 Å². The Balaban J connectivity index is 4.24. The van der Waals surface area contributed by atoms with Crippen LogP contribution in [0, 0.1) is 0 Å². The van der Waals surface area contributed by atoms with Crippen LogP contribution in [0.15, 0.2) is 0 Å². The lowest BCUT2D eigenvalue weighted by Gasteiger charge is -2.28. The molecule has 1 atom stereocenters. The van der Waals surface area contributed by atoms with Crippen LogP contribution in [0.5, 0.6) is 0 Å². The number of esters is 1. The van der Waals surface area contributed by atoms with Crippen molar-refractivity contribution in [3.05, 3.63) is 0 Å². The van der Waals surface area contributed by atoms with Gasteiger partial charge < -0.3 is 4.74 Å². The van der Waals surface area contributed by atoms with Crippen LogP contribution in [0.1, 0.15) is 33.1 Å². The van der Waals surface area contributed by atoms with Crippen molar-refractivity contribution >= 4 is 53.8 Å². The zero-order valence-corrected chi connectivity index (χ0v) is 13.1. The lowest BCUT2D eigenvalue weighted by atomic mass is 10.1. The minimum Gasteiger partial charge on any atom is -0.459 e. The Morgan fingerprint density at radius 2 is 2.07 bits per heavy atom. The summed E-state index contributed by atoms with van der Waals surface area (Å²) in [4.78, 5) is 10.8. The van der Waals surface area contributed by atoms with E-state index in [1.54, 1.807) is 0 Å². The standard InChI is InChI=1S/C9H15Br3O2/c1-3-4-5-9(11,12)8(6-10)14-7(2)13/h8H,3-6H2,1-2H3. The van der Waals surface area contributed by atoms with E-state index in [1.165, 1.54) is 6.92 Å². The normalized spacial score (nSPS) is 13.8. The van der Waals surface area contributed by atoms with Crippen molar-refractivity contribution in [1.29, 1.82) is 0 Å². The maximum Gasteiger partial charge on any atom is 0.303 e. The van der Waals surface area contributed by atoms with Gasteiger partial charge in [-0.3, -0.25) is 4.79 Å². The highest BCUT2D eigenvalue weighted by Gasteiger charge is 2.34. The van der Waals surface area contributed by atoms with Gasteiger partial charge in [-0.25, -0.2) is 0 Å². The van der Waals surface area contributed by atoms with Gasteiger partial charge in [0.2, 0.25) is 0 Å². The maximum absolute atomic E-state index is 10.8. The fourth-order valence-electron chi connectivity index (χ4n) is 1.00. The van der Waals surface area contributed by atoms with Crippen LogP contribution < -0.4 is 0 Å². The molecule has 0 aromatic rings. The van der Waals surface area contributed by atoms with E-state index in [1.807, 2.05) is 0 Å². The number of ether oxygens (including phenoxy) is 1. The van der Waals surface area contributed by atoms with E-state index in [4.69, 9.17) is 4.74 Å². The average molecular weight is 395 g/mol. The van der Waals surface area contributed by atoms with Gasteiger partial charge >= 0.3 is 5.97 Å². The molecule has 0 spiro atoms. The molecule has 0 bridgehead atoms. The molecular weight excluding hydrogens is 380 g/mol. The Hall–Kier alpha value is 0.910. The molecule has 0 amide bonds. The molecule has 1 unspecified atom stereocenters. The van der Waals surface area contributed by atoms with Gasteiger partial charge in [-0.2, -0.15) is 0 Å². The number of unbranched alkanes of at least 4 members (excludes halogenated alkanes) is 1. The van der Waals surface area contributed by atoms with E-state index in [0.29, 0.717) is 5.33 Å². The highest BCUT2D eigenvalue weighted by Crippen LogP contribution is 2.38. The summed E-state index contributed by atoms with van der Waals surface area (Å²) < 4.78 is 4.87. The highest BCUT2D eigenvalue weighted by molar-refractivity contribution is 9.25. The van der Waals surface area contributed by atoms with Gasteiger partial charge in [0.05, 0.1) is 0 Å². The number of hydrogen-bond donors (Lipinski definition) is 0. The summed E-state index contributed by atoms with van der Waals surface area (Å²) in [6, 6.07) is 0. The second kappa shape index (κ2) is 7.23. The van der Waals surface area contributed by atoms with Crippen LogP contribution in [0.3, 0.4) is 0 Å². The Morgan fingerprint density at radius 1 is 1.50 bits per heavy atom. The fourth-order valence-corrected chi connectivity index (χ4v) is 3.63. The molecule has 2 nitrogen and oxygen atoms in total. The summed E-state index contributed by atoms with van der Waals surface area (Å²) in [7, 11) is 0. The van der Waals surface area contributed by atoms with Crippen molar-refractivity contribution in [2.75, 3.05) is 5.33 Å². The van der Waals surface area contributed by atoms with Crippen LogP contribution in [-0.2, 0) is 9.53 Å². The topological polar surface area (TPSA) is 26.3 Å². The average Bonchev–Trinajstić information content (AvgIpc) is 2.10.